The number of sulfonamides is 1. The maximum absolute atomic E-state index is 12.9. The Kier molecular flexibility index (Phi) is 5.77. The molecule has 1 fully saturated rings. The van der Waals surface area contributed by atoms with Gasteiger partial charge in [-0.05, 0) is 41.9 Å². The zero-order valence-electron chi connectivity index (χ0n) is 16.5. The molecule has 1 atom stereocenters. The van der Waals surface area contributed by atoms with Gasteiger partial charge in [0.2, 0.25) is 15.9 Å². The summed E-state index contributed by atoms with van der Waals surface area (Å²) in [6, 6.07) is 7.17. The number of allylic oxidation sites excluding steroid dienone is 2. The van der Waals surface area contributed by atoms with E-state index < -0.39 is 10.0 Å². The van der Waals surface area contributed by atoms with Crippen LogP contribution >= 0.6 is 0 Å². The third-order valence-corrected chi connectivity index (χ3v) is 7.41. The highest BCUT2D eigenvalue weighted by Crippen LogP contribution is 2.26. The summed E-state index contributed by atoms with van der Waals surface area (Å²) in [7, 11) is -3.51. The van der Waals surface area contributed by atoms with Gasteiger partial charge in [0.1, 0.15) is 0 Å². The highest BCUT2D eigenvalue weighted by molar-refractivity contribution is 7.89. The van der Waals surface area contributed by atoms with Crippen LogP contribution in [0.3, 0.4) is 0 Å². The molecule has 0 aromatic heterocycles. The molecule has 0 unspecified atom stereocenters. The number of piperazine rings is 1. The van der Waals surface area contributed by atoms with Crippen LogP contribution in [-0.2, 0) is 20.2 Å². The molecule has 1 aliphatic carbocycles. The summed E-state index contributed by atoms with van der Waals surface area (Å²) < 4.78 is 27.3. The van der Waals surface area contributed by atoms with Gasteiger partial charge in [0.25, 0.3) is 0 Å². The average molecular weight is 391 g/mol. The number of nitrogens with zero attached hydrogens (tertiary/aromatic N) is 2. The lowest BCUT2D eigenvalue weighted by Gasteiger charge is -2.34. The van der Waals surface area contributed by atoms with Gasteiger partial charge < -0.3 is 4.90 Å². The molecule has 27 heavy (non-hydrogen) atoms. The van der Waals surface area contributed by atoms with Gasteiger partial charge >= 0.3 is 0 Å². The molecule has 1 saturated heterocycles. The summed E-state index contributed by atoms with van der Waals surface area (Å²) in [6.45, 7) is 7.96. The van der Waals surface area contributed by atoms with Gasteiger partial charge in [0.15, 0.2) is 0 Å². The summed E-state index contributed by atoms with van der Waals surface area (Å²) in [4.78, 5) is 14.6. The molecule has 6 heteroatoms. The maximum Gasteiger partial charge on any atom is 0.243 e. The third kappa shape index (κ3) is 4.61. The van der Waals surface area contributed by atoms with E-state index in [2.05, 4.69) is 32.9 Å². The van der Waals surface area contributed by atoms with Gasteiger partial charge in [-0.15, -0.1) is 0 Å². The Morgan fingerprint density at radius 2 is 1.70 bits per heavy atom. The molecule has 1 aliphatic heterocycles. The molecule has 0 bridgehead atoms. The van der Waals surface area contributed by atoms with Crippen LogP contribution in [0.5, 0.6) is 0 Å². The summed E-state index contributed by atoms with van der Waals surface area (Å²) in [5, 5.41) is 0. The molecule has 0 N–H and O–H groups in total. The minimum atomic E-state index is -3.51. The summed E-state index contributed by atoms with van der Waals surface area (Å²) in [5.41, 5.74) is 1.10. The van der Waals surface area contributed by atoms with Gasteiger partial charge in [-0.25, -0.2) is 8.42 Å². The molecule has 1 heterocycles. The molecule has 0 saturated carbocycles. The van der Waals surface area contributed by atoms with Crippen LogP contribution in [0.4, 0.5) is 0 Å². The molecule has 2 aliphatic rings. The number of hydrogen-bond acceptors (Lipinski definition) is 3. The smallest absolute Gasteiger partial charge is 0.243 e. The van der Waals surface area contributed by atoms with E-state index in [4.69, 9.17) is 0 Å². The third-order valence-electron chi connectivity index (χ3n) is 5.50. The van der Waals surface area contributed by atoms with Crippen molar-refractivity contribution < 1.29 is 13.2 Å². The molecule has 148 valence electrons. The average Bonchev–Trinajstić information content (AvgIpc) is 3.14. The Balaban J connectivity index is 1.60. The minimum Gasteiger partial charge on any atom is -0.340 e. The van der Waals surface area contributed by atoms with Gasteiger partial charge in [0, 0.05) is 32.6 Å². The highest BCUT2D eigenvalue weighted by Gasteiger charge is 2.31. The van der Waals surface area contributed by atoms with Crippen LogP contribution in [-0.4, -0.2) is 49.7 Å². The van der Waals surface area contributed by atoms with Crippen molar-refractivity contribution in [2.45, 2.75) is 50.3 Å². The molecule has 1 aromatic carbocycles. The summed E-state index contributed by atoms with van der Waals surface area (Å²) in [5.74, 6) is 0.485. The van der Waals surface area contributed by atoms with E-state index >= 15 is 0 Å². The normalized spacial score (nSPS) is 21.6. The number of benzene rings is 1. The molecular weight excluding hydrogens is 360 g/mol. The molecule has 0 spiro atoms. The fraction of sp³-hybridized carbons (Fsp3) is 0.571. The lowest BCUT2D eigenvalue weighted by Crippen LogP contribution is -2.50. The fourth-order valence-corrected chi connectivity index (χ4v) is 5.09. The molecule has 0 radical (unpaired) electrons. The minimum absolute atomic E-state index is 0.0111. The molecular formula is C21H30N2O3S. The van der Waals surface area contributed by atoms with Crippen LogP contribution in [0.2, 0.25) is 0 Å². The van der Waals surface area contributed by atoms with Crippen LogP contribution < -0.4 is 0 Å². The lowest BCUT2D eigenvalue weighted by molar-refractivity contribution is -0.133. The van der Waals surface area contributed by atoms with Crippen molar-refractivity contribution in [1.29, 1.82) is 0 Å². The fourth-order valence-electron chi connectivity index (χ4n) is 3.67. The van der Waals surface area contributed by atoms with E-state index in [0.29, 0.717) is 43.4 Å². The first-order valence-electron chi connectivity index (χ1n) is 9.73. The Hall–Kier alpha value is -1.66. The Morgan fingerprint density at radius 3 is 2.22 bits per heavy atom. The number of carbonyl (C=O) groups is 1. The van der Waals surface area contributed by atoms with Crippen LogP contribution in [0.25, 0.3) is 0 Å². The van der Waals surface area contributed by atoms with Gasteiger partial charge in [-0.2, -0.15) is 4.31 Å². The SMILES string of the molecule is CC(C)(C)c1ccc(S(=O)(=O)N2CCN(C(=O)C[C@H]3C=CCC3)CC2)cc1. The quantitative estimate of drug-likeness (QED) is 0.742. The standard InChI is InChI=1S/C21H30N2O3S/c1-21(2,3)18-8-10-19(11-9-18)27(25,26)23-14-12-22(13-15-23)20(24)16-17-6-4-5-7-17/h4,6,8-11,17H,5,7,12-16H2,1-3H3/t17-/m0/s1. The molecule has 5 nitrogen and oxygen atoms in total. The Labute approximate surface area is 163 Å². The summed E-state index contributed by atoms with van der Waals surface area (Å²) in [6.07, 6.45) is 6.90. The first-order valence-corrected chi connectivity index (χ1v) is 11.2. The van der Waals surface area contributed by atoms with Crippen molar-refractivity contribution >= 4 is 15.9 Å². The van der Waals surface area contributed by atoms with Gasteiger partial charge in [0.05, 0.1) is 4.90 Å². The zero-order chi connectivity index (χ0) is 19.7. The van der Waals surface area contributed by atoms with E-state index in [-0.39, 0.29) is 11.3 Å². The molecule has 1 amide bonds. The van der Waals surface area contributed by atoms with Crippen LogP contribution in [0, 0.1) is 5.92 Å². The number of rotatable bonds is 4. The first kappa shape index (κ1) is 20.1. The van der Waals surface area contributed by atoms with Crippen molar-refractivity contribution in [2.75, 3.05) is 26.2 Å². The lowest BCUT2D eigenvalue weighted by atomic mass is 9.87. The van der Waals surface area contributed by atoms with E-state index in [1.165, 1.54) is 4.31 Å². The number of carbonyl (C=O) groups excluding carboxylic acids is 1. The maximum atomic E-state index is 12.9. The van der Waals surface area contributed by atoms with Crippen molar-refractivity contribution in [3.8, 4) is 0 Å². The summed E-state index contributed by atoms with van der Waals surface area (Å²) >= 11 is 0. The Morgan fingerprint density at radius 1 is 1.07 bits per heavy atom. The topological polar surface area (TPSA) is 57.7 Å². The molecule has 3 rings (SSSR count). The monoisotopic (exact) mass is 390 g/mol. The van der Waals surface area contributed by atoms with Crippen LogP contribution in [0.15, 0.2) is 41.3 Å². The zero-order valence-corrected chi connectivity index (χ0v) is 17.3. The second-order valence-corrected chi connectivity index (χ2v) is 10.5. The number of amides is 1. The molecule has 1 aromatic rings. The Bertz CT molecular complexity index is 799. The second-order valence-electron chi connectivity index (χ2n) is 8.53. The van der Waals surface area contributed by atoms with Gasteiger partial charge in [-0.1, -0.05) is 45.1 Å². The van der Waals surface area contributed by atoms with E-state index in [9.17, 15) is 13.2 Å². The predicted octanol–water partition coefficient (Wildman–Crippen LogP) is 3.17. The van der Waals surface area contributed by atoms with E-state index in [1.807, 2.05) is 12.1 Å². The highest BCUT2D eigenvalue weighted by atomic mass is 32.2. The van der Waals surface area contributed by atoms with E-state index in [0.717, 1.165) is 18.4 Å². The van der Waals surface area contributed by atoms with Crippen molar-refractivity contribution in [2.24, 2.45) is 5.92 Å². The van der Waals surface area contributed by atoms with Crippen LogP contribution in [0.1, 0.15) is 45.6 Å². The first-order chi connectivity index (χ1) is 12.7. The van der Waals surface area contributed by atoms with Crippen molar-refractivity contribution in [1.82, 2.24) is 9.21 Å². The largest absolute Gasteiger partial charge is 0.340 e. The van der Waals surface area contributed by atoms with Crippen molar-refractivity contribution in [3.63, 3.8) is 0 Å². The van der Waals surface area contributed by atoms with Crippen molar-refractivity contribution in [3.05, 3.63) is 42.0 Å². The second kappa shape index (κ2) is 7.76. The van der Waals surface area contributed by atoms with Gasteiger partial charge in [-0.3, -0.25) is 4.79 Å². The number of hydrogen-bond donors (Lipinski definition) is 0. The van der Waals surface area contributed by atoms with E-state index in [1.54, 1.807) is 17.0 Å². The predicted molar refractivity (Wildman–Crippen MR) is 107 cm³/mol.